The largest absolute Gasteiger partial charge is 0.370 e. The number of pyridine rings is 1. The molecule has 0 spiro atoms. The minimum absolute atomic E-state index is 0.0634. The molecule has 0 aromatic carbocycles. The smallest absolute Gasteiger partial charge is 0.0572 e. The van der Waals surface area contributed by atoms with Gasteiger partial charge in [0.25, 0.3) is 0 Å². The number of hydrogen-bond acceptors (Lipinski definition) is 3. The van der Waals surface area contributed by atoms with Crippen molar-refractivity contribution in [3.8, 4) is 0 Å². The van der Waals surface area contributed by atoms with E-state index >= 15 is 0 Å². The molecule has 1 aliphatic heterocycles. The van der Waals surface area contributed by atoms with Crippen LogP contribution >= 0.6 is 0 Å². The van der Waals surface area contributed by atoms with Gasteiger partial charge in [-0.15, -0.1) is 0 Å². The molecule has 0 aliphatic carbocycles. The number of anilines is 1. The van der Waals surface area contributed by atoms with E-state index in [-0.39, 0.29) is 6.04 Å². The molecule has 118 valence electrons. The zero-order valence-electron chi connectivity index (χ0n) is 14.1. The van der Waals surface area contributed by atoms with Crippen LogP contribution in [-0.2, 0) is 0 Å². The van der Waals surface area contributed by atoms with Crippen LogP contribution in [-0.4, -0.2) is 18.1 Å². The third-order valence-electron chi connectivity index (χ3n) is 4.91. The summed E-state index contributed by atoms with van der Waals surface area (Å²) in [5, 5.41) is 0. The van der Waals surface area contributed by atoms with Gasteiger partial charge < -0.3 is 10.6 Å². The highest BCUT2D eigenvalue weighted by Gasteiger charge is 2.27. The van der Waals surface area contributed by atoms with E-state index in [9.17, 15) is 0 Å². The third-order valence-corrected chi connectivity index (χ3v) is 4.91. The summed E-state index contributed by atoms with van der Waals surface area (Å²) >= 11 is 0. The first kappa shape index (κ1) is 16.3. The highest BCUT2D eigenvalue weighted by atomic mass is 15.1. The van der Waals surface area contributed by atoms with E-state index in [2.05, 4.69) is 49.7 Å². The van der Waals surface area contributed by atoms with Gasteiger partial charge in [-0.05, 0) is 49.1 Å². The molecule has 1 saturated heterocycles. The van der Waals surface area contributed by atoms with Gasteiger partial charge in [0.2, 0.25) is 0 Å². The highest BCUT2D eigenvalue weighted by molar-refractivity contribution is 5.45. The maximum absolute atomic E-state index is 6.04. The normalized spacial score (nSPS) is 22.0. The lowest BCUT2D eigenvalue weighted by atomic mass is 9.77. The quantitative estimate of drug-likeness (QED) is 0.909. The maximum atomic E-state index is 6.04. The van der Waals surface area contributed by atoms with Gasteiger partial charge in [-0.25, -0.2) is 0 Å². The van der Waals surface area contributed by atoms with Crippen LogP contribution in [0.15, 0.2) is 18.3 Å². The van der Waals surface area contributed by atoms with Crippen LogP contribution in [0.25, 0.3) is 0 Å². The number of nitrogens with zero attached hydrogens (tertiary/aromatic N) is 2. The molecular formula is C18H31N3. The molecule has 1 aromatic rings. The molecule has 0 saturated carbocycles. The molecule has 1 unspecified atom stereocenters. The second-order valence-corrected chi connectivity index (χ2v) is 7.44. The zero-order chi connectivity index (χ0) is 15.5. The Labute approximate surface area is 129 Å². The Bertz CT molecular complexity index is 433. The second-order valence-electron chi connectivity index (χ2n) is 7.44. The first-order chi connectivity index (χ1) is 9.91. The van der Waals surface area contributed by atoms with E-state index < -0.39 is 0 Å². The molecule has 3 heteroatoms. The van der Waals surface area contributed by atoms with E-state index in [4.69, 9.17) is 5.73 Å². The Hall–Kier alpha value is -1.09. The van der Waals surface area contributed by atoms with Crippen LogP contribution in [0.3, 0.4) is 0 Å². The average molecular weight is 289 g/mol. The van der Waals surface area contributed by atoms with Crippen LogP contribution in [0.5, 0.6) is 0 Å². The molecule has 3 nitrogen and oxygen atoms in total. The minimum atomic E-state index is 0.0634. The first-order valence-corrected chi connectivity index (χ1v) is 8.38. The molecule has 1 aliphatic rings. The Morgan fingerprint density at radius 2 is 2.05 bits per heavy atom. The topological polar surface area (TPSA) is 42.1 Å². The summed E-state index contributed by atoms with van der Waals surface area (Å²) < 4.78 is 0. The Morgan fingerprint density at radius 3 is 2.62 bits per heavy atom. The fourth-order valence-electron chi connectivity index (χ4n) is 3.23. The molecule has 21 heavy (non-hydrogen) atoms. The molecule has 2 N–H and O–H groups in total. The number of aromatic nitrogens is 1. The van der Waals surface area contributed by atoms with Gasteiger partial charge in [0.05, 0.1) is 17.6 Å². The van der Waals surface area contributed by atoms with Crippen LogP contribution in [0, 0.1) is 11.3 Å². The minimum Gasteiger partial charge on any atom is -0.370 e. The lowest BCUT2D eigenvalue weighted by molar-refractivity contribution is 0.220. The summed E-state index contributed by atoms with van der Waals surface area (Å²) in [6.07, 6.45) is 6.83. The zero-order valence-corrected chi connectivity index (χ0v) is 14.1. The summed E-state index contributed by atoms with van der Waals surface area (Å²) in [4.78, 5) is 7.04. The molecule has 1 aromatic heterocycles. The van der Waals surface area contributed by atoms with Crippen molar-refractivity contribution in [1.82, 2.24) is 4.98 Å². The predicted molar refractivity (Wildman–Crippen MR) is 90.5 cm³/mol. The second kappa shape index (κ2) is 6.78. The predicted octanol–water partition coefficient (Wildman–Crippen LogP) is 4.14. The molecule has 0 radical (unpaired) electrons. The van der Waals surface area contributed by atoms with Crippen LogP contribution in [0.2, 0.25) is 0 Å². The van der Waals surface area contributed by atoms with Crippen molar-refractivity contribution < 1.29 is 0 Å². The standard InChI is InChI=1S/C18H31N3/c1-5-16(19)17-9-8-15(13-20-17)21-11-6-7-14(10-12-21)18(2,3)4/h8-9,13-14,16H,5-7,10-12,19H2,1-4H3/t14?,16-/m1/s1. The summed E-state index contributed by atoms with van der Waals surface area (Å²) in [6, 6.07) is 4.35. The van der Waals surface area contributed by atoms with Crippen molar-refractivity contribution in [2.24, 2.45) is 17.1 Å². The van der Waals surface area contributed by atoms with E-state index in [0.29, 0.717) is 5.41 Å². The van der Waals surface area contributed by atoms with Gasteiger partial charge in [0.15, 0.2) is 0 Å². The van der Waals surface area contributed by atoms with Gasteiger partial charge in [0, 0.05) is 19.1 Å². The van der Waals surface area contributed by atoms with Crippen LogP contribution in [0.4, 0.5) is 5.69 Å². The Kier molecular flexibility index (Phi) is 5.26. The number of hydrogen-bond donors (Lipinski definition) is 1. The first-order valence-electron chi connectivity index (χ1n) is 8.38. The van der Waals surface area contributed by atoms with Crippen molar-refractivity contribution in [2.45, 2.75) is 59.4 Å². The molecule has 2 rings (SSSR count). The average Bonchev–Trinajstić information content (AvgIpc) is 2.72. The molecular weight excluding hydrogens is 258 g/mol. The van der Waals surface area contributed by atoms with Gasteiger partial charge in [-0.2, -0.15) is 0 Å². The molecule has 2 heterocycles. The lowest BCUT2D eigenvalue weighted by Crippen LogP contribution is -2.26. The monoisotopic (exact) mass is 289 g/mol. The lowest BCUT2D eigenvalue weighted by Gasteiger charge is -2.30. The van der Waals surface area contributed by atoms with Crippen molar-refractivity contribution >= 4 is 5.69 Å². The highest BCUT2D eigenvalue weighted by Crippen LogP contribution is 2.35. The molecule has 2 atom stereocenters. The fraction of sp³-hybridized carbons (Fsp3) is 0.722. The summed E-state index contributed by atoms with van der Waals surface area (Å²) in [5.74, 6) is 0.822. The van der Waals surface area contributed by atoms with Crippen molar-refractivity contribution in [1.29, 1.82) is 0 Å². The molecule has 1 fully saturated rings. The van der Waals surface area contributed by atoms with Crippen molar-refractivity contribution in [3.63, 3.8) is 0 Å². The maximum Gasteiger partial charge on any atom is 0.0572 e. The van der Waals surface area contributed by atoms with Gasteiger partial charge in [-0.3, -0.25) is 4.98 Å². The SMILES string of the molecule is CC[C@@H](N)c1ccc(N2CCCC(C(C)(C)C)CC2)cn1. The third kappa shape index (κ3) is 4.19. The van der Waals surface area contributed by atoms with Gasteiger partial charge in [0.1, 0.15) is 0 Å². The van der Waals surface area contributed by atoms with E-state index in [1.807, 2.05) is 6.20 Å². The number of rotatable bonds is 3. The summed E-state index contributed by atoms with van der Waals surface area (Å²) in [6.45, 7) is 11.5. The molecule has 0 bridgehead atoms. The molecule has 0 amide bonds. The van der Waals surface area contributed by atoms with Crippen LogP contribution in [0.1, 0.15) is 65.1 Å². The Balaban J connectivity index is 2.02. The summed E-state index contributed by atoms with van der Waals surface area (Å²) in [7, 11) is 0. The summed E-state index contributed by atoms with van der Waals surface area (Å²) in [5.41, 5.74) is 8.71. The van der Waals surface area contributed by atoms with Crippen molar-refractivity contribution in [3.05, 3.63) is 24.0 Å². The van der Waals surface area contributed by atoms with Crippen molar-refractivity contribution in [2.75, 3.05) is 18.0 Å². The van der Waals surface area contributed by atoms with Crippen LogP contribution < -0.4 is 10.6 Å². The van der Waals surface area contributed by atoms with E-state index in [1.165, 1.54) is 24.9 Å². The number of nitrogens with two attached hydrogens (primary N) is 1. The fourth-order valence-corrected chi connectivity index (χ4v) is 3.23. The Morgan fingerprint density at radius 1 is 1.29 bits per heavy atom. The van der Waals surface area contributed by atoms with E-state index in [0.717, 1.165) is 31.1 Å². The van der Waals surface area contributed by atoms with E-state index in [1.54, 1.807) is 0 Å². The van der Waals surface area contributed by atoms with Gasteiger partial charge >= 0.3 is 0 Å². The van der Waals surface area contributed by atoms with Gasteiger partial charge in [-0.1, -0.05) is 27.7 Å².